The Kier molecular flexibility index (Phi) is 6.23. The summed E-state index contributed by atoms with van der Waals surface area (Å²) in [4.78, 5) is 17.9. The molecule has 2 aliphatic heterocycles. The van der Waals surface area contributed by atoms with Gasteiger partial charge in [-0.15, -0.1) is 0 Å². The Morgan fingerprint density at radius 1 is 0.862 bits per heavy atom. The lowest BCUT2D eigenvalue weighted by atomic mass is 10.1. The second-order valence-corrected chi connectivity index (χ2v) is 7.95. The summed E-state index contributed by atoms with van der Waals surface area (Å²) in [6.45, 7) is 4.32. The summed E-state index contributed by atoms with van der Waals surface area (Å²) in [5.41, 5.74) is 3.83. The van der Waals surface area contributed by atoms with Gasteiger partial charge < -0.3 is 19.9 Å². The van der Waals surface area contributed by atoms with Crippen molar-refractivity contribution in [2.24, 2.45) is 0 Å². The molecule has 1 N–H and O–H groups in total. The van der Waals surface area contributed by atoms with Crippen molar-refractivity contribution in [1.29, 1.82) is 0 Å². The van der Waals surface area contributed by atoms with E-state index in [1.807, 2.05) is 18.2 Å². The van der Waals surface area contributed by atoms with Gasteiger partial charge in [-0.05, 0) is 68.9 Å². The number of para-hydroxylation sites is 1. The first kappa shape index (κ1) is 19.6. The maximum atomic E-state index is 13.0. The minimum Gasteiger partial charge on any atom is -0.496 e. The quantitative estimate of drug-likeness (QED) is 0.782. The van der Waals surface area contributed by atoms with E-state index in [1.54, 1.807) is 13.2 Å². The number of methoxy groups -OCH3 is 1. The Morgan fingerprint density at radius 3 is 2.21 bits per heavy atom. The van der Waals surface area contributed by atoms with Crippen LogP contribution in [0.15, 0.2) is 42.5 Å². The molecule has 2 aromatic carbocycles. The smallest absolute Gasteiger partial charge is 0.259 e. The molecule has 2 aliphatic rings. The Morgan fingerprint density at radius 2 is 1.52 bits per heavy atom. The minimum absolute atomic E-state index is 0.133. The highest BCUT2D eigenvalue weighted by molar-refractivity contribution is 6.07. The van der Waals surface area contributed by atoms with E-state index in [0.717, 1.165) is 37.6 Å². The summed E-state index contributed by atoms with van der Waals surface area (Å²) in [6, 6.07) is 13.9. The van der Waals surface area contributed by atoms with E-state index in [4.69, 9.17) is 4.74 Å². The molecule has 2 heterocycles. The minimum atomic E-state index is -0.133. The largest absolute Gasteiger partial charge is 0.496 e. The molecule has 1 amide bonds. The van der Waals surface area contributed by atoms with Gasteiger partial charge in [-0.1, -0.05) is 12.1 Å². The number of hydrogen-bond donors (Lipinski definition) is 1. The zero-order valence-corrected chi connectivity index (χ0v) is 17.3. The monoisotopic (exact) mass is 393 g/mol. The van der Waals surface area contributed by atoms with E-state index in [9.17, 15) is 4.79 Å². The molecular formula is C24H31N3O2. The van der Waals surface area contributed by atoms with Gasteiger partial charge in [0.1, 0.15) is 5.75 Å². The van der Waals surface area contributed by atoms with Gasteiger partial charge in [0.05, 0.1) is 24.0 Å². The van der Waals surface area contributed by atoms with Crippen LogP contribution in [0.4, 0.5) is 17.1 Å². The number of ether oxygens (including phenoxy) is 1. The van der Waals surface area contributed by atoms with Crippen LogP contribution in [0.5, 0.6) is 5.75 Å². The number of piperidine rings is 2. The molecule has 2 saturated heterocycles. The van der Waals surface area contributed by atoms with E-state index >= 15 is 0 Å². The lowest BCUT2D eigenvalue weighted by Crippen LogP contribution is -2.32. The molecule has 0 atom stereocenters. The number of rotatable bonds is 5. The molecule has 154 valence electrons. The van der Waals surface area contributed by atoms with Crippen molar-refractivity contribution < 1.29 is 9.53 Å². The van der Waals surface area contributed by atoms with Gasteiger partial charge in [-0.2, -0.15) is 0 Å². The maximum absolute atomic E-state index is 13.0. The van der Waals surface area contributed by atoms with Gasteiger partial charge in [0.25, 0.3) is 5.91 Å². The average molecular weight is 394 g/mol. The highest BCUT2D eigenvalue weighted by Crippen LogP contribution is 2.34. The van der Waals surface area contributed by atoms with Crippen molar-refractivity contribution in [3.63, 3.8) is 0 Å². The fourth-order valence-electron chi connectivity index (χ4n) is 4.39. The van der Waals surface area contributed by atoms with Gasteiger partial charge in [0.15, 0.2) is 0 Å². The Labute approximate surface area is 173 Å². The van der Waals surface area contributed by atoms with Crippen LogP contribution in [0.3, 0.4) is 0 Å². The van der Waals surface area contributed by atoms with Crippen molar-refractivity contribution in [2.75, 3.05) is 48.4 Å². The third kappa shape index (κ3) is 4.50. The molecule has 2 fully saturated rings. The number of benzene rings is 2. The number of amides is 1. The summed E-state index contributed by atoms with van der Waals surface area (Å²) in [5.74, 6) is 0.459. The zero-order chi connectivity index (χ0) is 20.1. The van der Waals surface area contributed by atoms with Crippen LogP contribution in [0.25, 0.3) is 0 Å². The molecule has 5 nitrogen and oxygen atoms in total. The number of hydrogen-bond acceptors (Lipinski definition) is 4. The number of nitrogens with one attached hydrogen (secondary N) is 1. The predicted molar refractivity (Wildman–Crippen MR) is 120 cm³/mol. The fourth-order valence-corrected chi connectivity index (χ4v) is 4.39. The van der Waals surface area contributed by atoms with Crippen LogP contribution in [-0.4, -0.2) is 39.2 Å². The summed E-state index contributed by atoms with van der Waals surface area (Å²) >= 11 is 0. The van der Waals surface area contributed by atoms with Crippen LogP contribution < -0.4 is 19.9 Å². The number of anilines is 3. The van der Waals surface area contributed by atoms with Gasteiger partial charge in [0, 0.05) is 31.9 Å². The van der Waals surface area contributed by atoms with Crippen molar-refractivity contribution in [3.8, 4) is 5.75 Å². The Balaban J connectivity index is 1.63. The molecule has 0 bridgehead atoms. The number of carbonyl (C=O) groups is 1. The molecular weight excluding hydrogens is 362 g/mol. The first-order chi connectivity index (χ1) is 14.3. The highest BCUT2D eigenvalue weighted by Gasteiger charge is 2.20. The molecule has 2 aromatic rings. The predicted octanol–water partition coefficient (Wildman–Crippen LogP) is 4.93. The molecule has 0 aromatic heterocycles. The van der Waals surface area contributed by atoms with Gasteiger partial charge in [-0.3, -0.25) is 4.79 Å². The highest BCUT2D eigenvalue weighted by atomic mass is 16.5. The zero-order valence-electron chi connectivity index (χ0n) is 17.3. The van der Waals surface area contributed by atoms with E-state index in [2.05, 4.69) is 33.3 Å². The molecule has 4 rings (SSSR count). The molecule has 0 radical (unpaired) electrons. The Bertz CT molecular complexity index is 840. The summed E-state index contributed by atoms with van der Waals surface area (Å²) < 4.78 is 5.37. The van der Waals surface area contributed by atoms with E-state index in [1.165, 1.54) is 44.2 Å². The normalized spacial score (nSPS) is 17.1. The van der Waals surface area contributed by atoms with Crippen molar-refractivity contribution in [3.05, 3.63) is 48.0 Å². The second kappa shape index (κ2) is 9.21. The number of nitrogens with zero attached hydrogens (tertiary/aromatic N) is 2. The third-order valence-corrected chi connectivity index (χ3v) is 6.00. The van der Waals surface area contributed by atoms with Crippen LogP contribution in [0.2, 0.25) is 0 Å². The van der Waals surface area contributed by atoms with Gasteiger partial charge in [-0.25, -0.2) is 0 Å². The summed E-state index contributed by atoms with van der Waals surface area (Å²) in [7, 11) is 1.60. The molecule has 0 saturated carbocycles. The topological polar surface area (TPSA) is 44.8 Å². The van der Waals surface area contributed by atoms with Gasteiger partial charge in [0.2, 0.25) is 0 Å². The summed E-state index contributed by atoms with van der Waals surface area (Å²) in [6.07, 6.45) is 7.52. The standard InChI is InChI=1S/C24H31N3O2/c1-29-23-11-5-4-10-20(23)24(28)25-21-13-12-19(26-14-6-2-7-15-26)18-22(21)27-16-8-3-9-17-27/h4-5,10-13,18H,2-3,6-9,14-17H2,1H3,(H,25,28). The van der Waals surface area contributed by atoms with Crippen LogP contribution in [-0.2, 0) is 0 Å². The SMILES string of the molecule is COc1ccccc1C(=O)Nc1ccc(N2CCCCC2)cc1N1CCCCC1. The molecule has 29 heavy (non-hydrogen) atoms. The summed E-state index contributed by atoms with van der Waals surface area (Å²) in [5, 5.41) is 3.15. The van der Waals surface area contributed by atoms with E-state index in [-0.39, 0.29) is 5.91 Å². The Hall–Kier alpha value is -2.69. The first-order valence-electron chi connectivity index (χ1n) is 10.8. The molecule has 5 heteroatoms. The molecule has 0 unspecified atom stereocenters. The third-order valence-electron chi connectivity index (χ3n) is 6.00. The molecule has 0 aliphatic carbocycles. The molecule has 0 spiro atoms. The van der Waals surface area contributed by atoms with Crippen molar-refractivity contribution in [1.82, 2.24) is 0 Å². The lowest BCUT2D eigenvalue weighted by Gasteiger charge is -2.33. The second-order valence-electron chi connectivity index (χ2n) is 7.95. The van der Waals surface area contributed by atoms with Crippen molar-refractivity contribution in [2.45, 2.75) is 38.5 Å². The van der Waals surface area contributed by atoms with E-state index < -0.39 is 0 Å². The number of carbonyl (C=O) groups excluding carboxylic acids is 1. The van der Waals surface area contributed by atoms with Gasteiger partial charge >= 0.3 is 0 Å². The van der Waals surface area contributed by atoms with Crippen LogP contribution in [0.1, 0.15) is 48.9 Å². The first-order valence-corrected chi connectivity index (χ1v) is 10.8. The average Bonchev–Trinajstić information content (AvgIpc) is 2.80. The fraction of sp³-hybridized carbons (Fsp3) is 0.458. The van der Waals surface area contributed by atoms with E-state index in [0.29, 0.717) is 11.3 Å². The van der Waals surface area contributed by atoms with Crippen LogP contribution in [0, 0.1) is 0 Å². The lowest BCUT2D eigenvalue weighted by molar-refractivity contribution is 0.102. The van der Waals surface area contributed by atoms with Crippen LogP contribution >= 0.6 is 0 Å². The van der Waals surface area contributed by atoms with Crippen molar-refractivity contribution >= 4 is 23.0 Å². The maximum Gasteiger partial charge on any atom is 0.259 e.